The first-order valence-electron chi connectivity index (χ1n) is 7.54. The van der Waals surface area contributed by atoms with Crippen LogP contribution in [0.15, 0.2) is 49.1 Å². The maximum absolute atomic E-state index is 6.50. The summed E-state index contributed by atoms with van der Waals surface area (Å²) in [7, 11) is 0. The van der Waals surface area contributed by atoms with Crippen LogP contribution < -0.4 is 4.74 Å². The fourth-order valence-corrected chi connectivity index (χ4v) is 3.39. The van der Waals surface area contributed by atoms with E-state index in [9.17, 15) is 0 Å². The topological polar surface area (TPSA) is 27.1 Å². The standard InChI is InChI=1S/C18H14Cl4N2O/c19-14-3-1-13(16(21)9-14)10-25-18-15(20)4-2-12(17(18)22)5-7-24-8-6-23-11-24/h1-4,6,8-9,11H,5,7,10H2. The zero-order valence-electron chi connectivity index (χ0n) is 13.1. The molecule has 0 saturated carbocycles. The van der Waals surface area contributed by atoms with E-state index in [-0.39, 0.29) is 6.61 Å². The van der Waals surface area contributed by atoms with Gasteiger partial charge in [-0.1, -0.05) is 58.5 Å². The number of aromatic nitrogens is 2. The van der Waals surface area contributed by atoms with Gasteiger partial charge in [-0.2, -0.15) is 0 Å². The van der Waals surface area contributed by atoms with Gasteiger partial charge in [-0.25, -0.2) is 4.98 Å². The molecule has 0 N–H and O–H groups in total. The molecule has 130 valence electrons. The predicted octanol–water partition coefficient (Wildman–Crippen LogP) is 6.32. The number of hydrogen-bond donors (Lipinski definition) is 0. The third-order valence-corrected chi connectivity index (χ3v) is 5.01. The third-order valence-electron chi connectivity index (χ3n) is 3.71. The smallest absolute Gasteiger partial charge is 0.157 e. The molecule has 0 atom stereocenters. The zero-order valence-corrected chi connectivity index (χ0v) is 16.1. The number of rotatable bonds is 6. The van der Waals surface area contributed by atoms with Gasteiger partial charge in [0.25, 0.3) is 0 Å². The van der Waals surface area contributed by atoms with Crippen LogP contribution in [0.1, 0.15) is 11.1 Å². The van der Waals surface area contributed by atoms with Crippen LogP contribution in [0.5, 0.6) is 5.75 Å². The zero-order chi connectivity index (χ0) is 17.8. The van der Waals surface area contributed by atoms with Crippen molar-refractivity contribution in [1.82, 2.24) is 9.55 Å². The maximum Gasteiger partial charge on any atom is 0.157 e. The second-order valence-electron chi connectivity index (χ2n) is 5.42. The predicted molar refractivity (Wildman–Crippen MR) is 103 cm³/mol. The van der Waals surface area contributed by atoms with Crippen LogP contribution in [0.25, 0.3) is 0 Å². The molecule has 7 heteroatoms. The number of aryl methyl sites for hydroxylation is 2. The summed E-state index contributed by atoms with van der Waals surface area (Å²) in [5, 5.41) is 2.08. The number of benzene rings is 2. The Morgan fingerprint density at radius 2 is 1.76 bits per heavy atom. The minimum absolute atomic E-state index is 0.250. The van der Waals surface area contributed by atoms with Crippen LogP contribution in [-0.2, 0) is 19.6 Å². The van der Waals surface area contributed by atoms with E-state index >= 15 is 0 Å². The van der Waals surface area contributed by atoms with E-state index in [4.69, 9.17) is 51.1 Å². The number of halogens is 4. The molecular formula is C18H14Cl4N2O. The molecule has 3 nitrogen and oxygen atoms in total. The second-order valence-corrected chi connectivity index (χ2v) is 7.05. The van der Waals surface area contributed by atoms with Crippen molar-refractivity contribution >= 4 is 46.4 Å². The Hall–Kier alpha value is -1.39. The highest BCUT2D eigenvalue weighted by Gasteiger charge is 2.13. The highest BCUT2D eigenvalue weighted by atomic mass is 35.5. The minimum atomic E-state index is 0.250. The average molecular weight is 416 g/mol. The van der Waals surface area contributed by atoms with Crippen LogP contribution >= 0.6 is 46.4 Å². The first kappa shape index (κ1) is 18.4. The van der Waals surface area contributed by atoms with Crippen molar-refractivity contribution in [3.8, 4) is 5.75 Å². The highest BCUT2D eigenvalue weighted by molar-refractivity contribution is 6.37. The van der Waals surface area contributed by atoms with Gasteiger partial charge in [-0.15, -0.1) is 0 Å². The average Bonchev–Trinajstić information content (AvgIpc) is 3.09. The van der Waals surface area contributed by atoms with E-state index in [1.54, 1.807) is 30.7 Å². The summed E-state index contributed by atoms with van der Waals surface area (Å²) < 4.78 is 7.83. The van der Waals surface area contributed by atoms with E-state index in [0.717, 1.165) is 24.1 Å². The van der Waals surface area contributed by atoms with Gasteiger partial charge in [-0.05, 0) is 30.2 Å². The number of nitrogens with zero attached hydrogens (tertiary/aromatic N) is 2. The minimum Gasteiger partial charge on any atom is -0.486 e. The van der Waals surface area contributed by atoms with Gasteiger partial charge < -0.3 is 9.30 Å². The summed E-state index contributed by atoms with van der Waals surface area (Å²) in [6.45, 7) is 1.02. The lowest BCUT2D eigenvalue weighted by Crippen LogP contribution is -2.02. The lowest BCUT2D eigenvalue weighted by molar-refractivity contribution is 0.306. The molecule has 0 amide bonds. The first-order chi connectivity index (χ1) is 12.0. The van der Waals surface area contributed by atoms with Crippen molar-refractivity contribution in [1.29, 1.82) is 0 Å². The number of imidazole rings is 1. The van der Waals surface area contributed by atoms with Gasteiger partial charge in [0, 0.05) is 34.5 Å². The van der Waals surface area contributed by atoms with Crippen LogP contribution in [0.3, 0.4) is 0 Å². The molecule has 1 heterocycles. The number of hydrogen-bond acceptors (Lipinski definition) is 2. The van der Waals surface area contributed by atoms with E-state index in [1.165, 1.54) is 0 Å². The Bertz CT molecular complexity index is 866. The summed E-state index contributed by atoms with van der Waals surface area (Å²) in [6.07, 6.45) is 6.16. The molecule has 0 unspecified atom stereocenters. The summed E-state index contributed by atoms with van der Waals surface area (Å²) in [4.78, 5) is 4.03. The van der Waals surface area contributed by atoms with Crippen molar-refractivity contribution in [2.75, 3.05) is 0 Å². The molecular weight excluding hydrogens is 402 g/mol. The van der Waals surface area contributed by atoms with Gasteiger partial charge >= 0.3 is 0 Å². The molecule has 0 radical (unpaired) electrons. The van der Waals surface area contributed by atoms with Crippen molar-refractivity contribution < 1.29 is 4.74 Å². The molecule has 3 aromatic rings. The summed E-state index contributed by atoms with van der Waals surface area (Å²) in [5.74, 6) is 0.456. The van der Waals surface area contributed by atoms with Gasteiger partial charge in [0.05, 0.1) is 16.4 Å². The molecule has 0 saturated heterocycles. The SMILES string of the molecule is Clc1ccc(COc2c(Cl)ccc(CCn3ccnc3)c2Cl)c(Cl)c1. The molecule has 0 bridgehead atoms. The van der Waals surface area contributed by atoms with E-state index in [0.29, 0.717) is 25.8 Å². The Balaban J connectivity index is 1.75. The monoisotopic (exact) mass is 414 g/mol. The highest BCUT2D eigenvalue weighted by Crippen LogP contribution is 2.37. The largest absolute Gasteiger partial charge is 0.486 e. The van der Waals surface area contributed by atoms with E-state index < -0.39 is 0 Å². The normalized spacial score (nSPS) is 10.9. The van der Waals surface area contributed by atoms with Crippen LogP contribution in [-0.4, -0.2) is 9.55 Å². The molecule has 0 aliphatic carbocycles. The van der Waals surface area contributed by atoms with Crippen LogP contribution in [0.2, 0.25) is 20.1 Å². The summed E-state index contributed by atoms with van der Waals surface area (Å²) >= 11 is 24.8. The van der Waals surface area contributed by atoms with E-state index in [2.05, 4.69) is 4.98 Å². The van der Waals surface area contributed by atoms with Gasteiger partial charge in [0.1, 0.15) is 6.61 Å². The van der Waals surface area contributed by atoms with E-state index in [1.807, 2.05) is 22.9 Å². The quantitative estimate of drug-likeness (QED) is 0.471. The second kappa shape index (κ2) is 8.33. The molecule has 0 spiro atoms. The van der Waals surface area contributed by atoms with Gasteiger partial charge in [0.2, 0.25) is 0 Å². The molecule has 0 aliphatic heterocycles. The van der Waals surface area contributed by atoms with Gasteiger partial charge in [-0.3, -0.25) is 0 Å². The molecule has 2 aromatic carbocycles. The van der Waals surface area contributed by atoms with Crippen molar-refractivity contribution in [2.24, 2.45) is 0 Å². The lowest BCUT2D eigenvalue weighted by atomic mass is 10.1. The lowest BCUT2D eigenvalue weighted by Gasteiger charge is -2.14. The molecule has 25 heavy (non-hydrogen) atoms. The summed E-state index contributed by atoms with van der Waals surface area (Å²) in [5.41, 5.74) is 1.76. The Kier molecular flexibility index (Phi) is 6.13. The molecule has 0 aliphatic rings. The maximum atomic E-state index is 6.50. The van der Waals surface area contributed by atoms with Crippen LogP contribution in [0.4, 0.5) is 0 Å². The van der Waals surface area contributed by atoms with Crippen LogP contribution in [0, 0.1) is 0 Å². The molecule has 1 aromatic heterocycles. The van der Waals surface area contributed by atoms with Gasteiger partial charge in [0.15, 0.2) is 5.75 Å². The fourth-order valence-electron chi connectivity index (χ4n) is 2.36. The third kappa shape index (κ3) is 4.62. The first-order valence-corrected chi connectivity index (χ1v) is 9.05. The Labute approximate surface area is 166 Å². The Morgan fingerprint density at radius 3 is 2.48 bits per heavy atom. The number of ether oxygens (including phenoxy) is 1. The summed E-state index contributed by atoms with van der Waals surface area (Å²) in [6, 6.07) is 8.94. The van der Waals surface area contributed by atoms with Crippen molar-refractivity contribution in [3.05, 3.63) is 80.3 Å². The fraction of sp³-hybridized carbons (Fsp3) is 0.167. The molecule has 3 rings (SSSR count). The van der Waals surface area contributed by atoms with Crippen molar-refractivity contribution in [3.63, 3.8) is 0 Å². The van der Waals surface area contributed by atoms with Crippen molar-refractivity contribution in [2.45, 2.75) is 19.6 Å². The molecule has 0 fully saturated rings. The Morgan fingerprint density at radius 1 is 0.960 bits per heavy atom.